The van der Waals surface area contributed by atoms with E-state index in [4.69, 9.17) is 11.6 Å². The van der Waals surface area contributed by atoms with Gasteiger partial charge in [0.1, 0.15) is 0 Å². The predicted molar refractivity (Wildman–Crippen MR) is 46.9 cm³/mol. The van der Waals surface area contributed by atoms with Gasteiger partial charge in [0, 0.05) is 9.92 Å². The van der Waals surface area contributed by atoms with E-state index in [1.807, 2.05) is 0 Å². The Morgan fingerprint density at radius 1 is 1.46 bits per heavy atom. The Balaban J connectivity index is 2.96. The van der Waals surface area contributed by atoms with Crippen molar-refractivity contribution >= 4 is 23.4 Å². The van der Waals surface area contributed by atoms with Crippen molar-refractivity contribution in [1.82, 2.24) is 0 Å². The molecule has 0 saturated heterocycles. The first-order valence-corrected chi connectivity index (χ1v) is 4.52. The maximum atomic E-state index is 12.0. The molecule has 0 aliphatic carbocycles. The first-order chi connectivity index (χ1) is 5.90. The standard InChI is InChI=1S/C8H5ClF3S/c1-5-6(9)3-2-4-7(5)13-8(10,11)12/h2-3H,1H3. The third-order valence-corrected chi connectivity index (χ3v) is 2.63. The highest BCUT2D eigenvalue weighted by Gasteiger charge is 2.30. The van der Waals surface area contributed by atoms with Crippen LogP contribution in [-0.4, -0.2) is 5.51 Å². The van der Waals surface area contributed by atoms with E-state index in [9.17, 15) is 13.2 Å². The van der Waals surface area contributed by atoms with Gasteiger partial charge in [0.05, 0.1) is 0 Å². The topological polar surface area (TPSA) is 0 Å². The van der Waals surface area contributed by atoms with Crippen molar-refractivity contribution in [3.8, 4) is 0 Å². The first kappa shape index (κ1) is 10.7. The van der Waals surface area contributed by atoms with E-state index >= 15 is 0 Å². The Labute approximate surface area is 83.1 Å². The van der Waals surface area contributed by atoms with E-state index in [2.05, 4.69) is 6.07 Å². The van der Waals surface area contributed by atoms with Crippen LogP contribution >= 0.6 is 23.4 Å². The molecule has 0 spiro atoms. The van der Waals surface area contributed by atoms with Gasteiger partial charge < -0.3 is 0 Å². The van der Waals surface area contributed by atoms with E-state index in [0.29, 0.717) is 10.6 Å². The second-order valence-corrected chi connectivity index (χ2v) is 3.81. The number of hydrogen-bond donors (Lipinski definition) is 0. The Hall–Kier alpha value is -0.350. The second kappa shape index (κ2) is 3.80. The van der Waals surface area contributed by atoms with E-state index in [-0.39, 0.29) is 16.7 Å². The molecule has 0 nitrogen and oxygen atoms in total. The number of alkyl halides is 3. The van der Waals surface area contributed by atoms with Crippen LogP contribution in [0.4, 0.5) is 13.2 Å². The zero-order valence-electron chi connectivity index (χ0n) is 6.57. The van der Waals surface area contributed by atoms with E-state index in [0.717, 1.165) is 0 Å². The Bertz CT molecular complexity index is 309. The fourth-order valence-electron chi connectivity index (χ4n) is 0.754. The van der Waals surface area contributed by atoms with Crippen molar-refractivity contribution in [3.63, 3.8) is 0 Å². The molecule has 0 bridgehead atoms. The maximum absolute atomic E-state index is 12.0. The van der Waals surface area contributed by atoms with Crippen LogP contribution in [-0.2, 0) is 0 Å². The average Bonchev–Trinajstić information content (AvgIpc) is 1.96. The van der Waals surface area contributed by atoms with Crippen molar-refractivity contribution in [2.24, 2.45) is 0 Å². The lowest BCUT2D eigenvalue weighted by Crippen LogP contribution is -2.00. The minimum atomic E-state index is -4.29. The summed E-state index contributed by atoms with van der Waals surface area (Å²) in [6, 6.07) is 5.38. The molecule has 0 N–H and O–H groups in total. The summed E-state index contributed by atoms with van der Waals surface area (Å²) in [5.41, 5.74) is -3.88. The molecule has 1 aromatic rings. The molecule has 1 aromatic carbocycles. The summed E-state index contributed by atoms with van der Waals surface area (Å²) in [5, 5.41) is 0.325. The summed E-state index contributed by atoms with van der Waals surface area (Å²) in [7, 11) is 0. The molecule has 0 aliphatic heterocycles. The molecule has 13 heavy (non-hydrogen) atoms. The highest BCUT2D eigenvalue weighted by atomic mass is 35.5. The second-order valence-electron chi connectivity index (χ2n) is 2.33. The van der Waals surface area contributed by atoms with Gasteiger partial charge >= 0.3 is 5.51 Å². The van der Waals surface area contributed by atoms with Crippen LogP contribution in [0.1, 0.15) is 5.56 Å². The lowest BCUT2D eigenvalue weighted by atomic mass is 10.2. The zero-order chi connectivity index (χ0) is 10.1. The van der Waals surface area contributed by atoms with Gasteiger partial charge in [-0.2, -0.15) is 13.2 Å². The molecular weight excluding hydrogens is 221 g/mol. The quantitative estimate of drug-likeness (QED) is 0.650. The van der Waals surface area contributed by atoms with Crippen LogP contribution in [0.5, 0.6) is 0 Å². The van der Waals surface area contributed by atoms with Gasteiger partial charge in [-0.15, -0.1) is 0 Å². The Morgan fingerprint density at radius 2 is 2.08 bits per heavy atom. The first-order valence-electron chi connectivity index (χ1n) is 3.32. The molecule has 0 aliphatic rings. The van der Waals surface area contributed by atoms with Gasteiger partial charge in [-0.1, -0.05) is 17.7 Å². The van der Waals surface area contributed by atoms with Gasteiger partial charge in [-0.3, -0.25) is 0 Å². The molecule has 0 aromatic heterocycles. The van der Waals surface area contributed by atoms with Gasteiger partial charge in [0.15, 0.2) is 0 Å². The lowest BCUT2D eigenvalue weighted by molar-refractivity contribution is -0.0328. The van der Waals surface area contributed by atoms with Crippen molar-refractivity contribution < 1.29 is 13.2 Å². The van der Waals surface area contributed by atoms with Crippen molar-refractivity contribution in [2.75, 3.05) is 0 Å². The Morgan fingerprint density at radius 3 is 2.62 bits per heavy atom. The number of rotatable bonds is 1. The summed E-state index contributed by atoms with van der Waals surface area (Å²) < 4.78 is 35.9. The number of thioether (sulfide) groups is 1. The van der Waals surface area contributed by atoms with Crippen LogP contribution in [0.25, 0.3) is 0 Å². The monoisotopic (exact) mass is 225 g/mol. The molecule has 1 rings (SSSR count). The van der Waals surface area contributed by atoms with Crippen molar-refractivity contribution in [3.05, 3.63) is 28.8 Å². The summed E-state index contributed by atoms with van der Waals surface area (Å²) in [6.45, 7) is 1.53. The van der Waals surface area contributed by atoms with Gasteiger partial charge in [0.2, 0.25) is 0 Å². The molecule has 0 fully saturated rings. The molecule has 0 saturated carbocycles. The zero-order valence-corrected chi connectivity index (χ0v) is 8.15. The van der Waals surface area contributed by atoms with E-state index in [1.54, 1.807) is 0 Å². The fourth-order valence-corrected chi connectivity index (χ4v) is 1.59. The van der Waals surface area contributed by atoms with Crippen molar-refractivity contribution in [2.45, 2.75) is 17.3 Å². The number of benzene rings is 1. The molecule has 71 valence electrons. The summed E-state index contributed by atoms with van der Waals surface area (Å²) in [6.07, 6.45) is 0. The summed E-state index contributed by atoms with van der Waals surface area (Å²) in [5.74, 6) is 0. The van der Waals surface area contributed by atoms with Crippen LogP contribution in [0.2, 0.25) is 5.02 Å². The van der Waals surface area contributed by atoms with Gasteiger partial charge in [0.25, 0.3) is 0 Å². The number of halogens is 4. The third-order valence-electron chi connectivity index (χ3n) is 1.36. The molecule has 1 radical (unpaired) electrons. The Kier molecular flexibility index (Phi) is 3.14. The molecule has 0 amide bonds. The molecule has 0 unspecified atom stereocenters. The van der Waals surface area contributed by atoms with E-state index in [1.165, 1.54) is 19.1 Å². The number of hydrogen-bond acceptors (Lipinski definition) is 1. The fraction of sp³-hybridized carbons (Fsp3) is 0.250. The van der Waals surface area contributed by atoms with Crippen LogP contribution in [0, 0.1) is 13.0 Å². The van der Waals surface area contributed by atoms with Crippen LogP contribution < -0.4 is 0 Å². The van der Waals surface area contributed by atoms with Crippen LogP contribution in [0.3, 0.4) is 0 Å². The molecular formula is C8H5ClF3S. The van der Waals surface area contributed by atoms with Crippen LogP contribution in [0.15, 0.2) is 17.0 Å². The predicted octanol–water partition coefficient (Wildman–Crippen LogP) is 4.06. The minimum Gasteiger partial charge on any atom is -0.160 e. The highest BCUT2D eigenvalue weighted by Crippen LogP contribution is 2.39. The lowest BCUT2D eigenvalue weighted by Gasteiger charge is -2.08. The third kappa shape index (κ3) is 3.12. The maximum Gasteiger partial charge on any atom is 0.446 e. The van der Waals surface area contributed by atoms with E-state index < -0.39 is 5.51 Å². The normalized spacial score (nSPS) is 11.8. The SMILES string of the molecule is Cc1c(SC(F)(F)F)[c]ccc1Cl. The van der Waals surface area contributed by atoms with Gasteiger partial charge in [-0.05, 0) is 36.4 Å². The summed E-state index contributed by atoms with van der Waals surface area (Å²) in [4.78, 5) is 0.0278. The summed E-state index contributed by atoms with van der Waals surface area (Å²) >= 11 is 5.44. The molecule has 5 heteroatoms. The minimum absolute atomic E-state index is 0.0278. The van der Waals surface area contributed by atoms with Gasteiger partial charge in [-0.25, -0.2) is 0 Å². The van der Waals surface area contributed by atoms with Crippen molar-refractivity contribution in [1.29, 1.82) is 0 Å². The molecule has 0 atom stereocenters. The highest BCUT2D eigenvalue weighted by molar-refractivity contribution is 8.00. The smallest absolute Gasteiger partial charge is 0.160 e. The molecule has 0 heterocycles. The largest absolute Gasteiger partial charge is 0.446 e. The average molecular weight is 226 g/mol.